The number of ether oxygens (including phenoxy) is 2. The highest BCUT2D eigenvalue weighted by Crippen LogP contribution is 2.27. The molecule has 3 aromatic rings. The molecule has 0 atom stereocenters. The second-order valence-electron chi connectivity index (χ2n) is 5.58. The van der Waals surface area contributed by atoms with Gasteiger partial charge < -0.3 is 14.8 Å². The van der Waals surface area contributed by atoms with Gasteiger partial charge in [-0.2, -0.15) is 0 Å². The number of nitrogens with zero attached hydrogens (tertiary/aromatic N) is 3. The third-order valence-electron chi connectivity index (χ3n) is 3.82. The number of nitrogens with one attached hydrogen (secondary N) is 1. The van der Waals surface area contributed by atoms with Gasteiger partial charge in [0.1, 0.15) is 11.3 Å². The standard InChI is InChI=1S/C18H17ClN4O4/c1-3-23-15-6-4-11(8-14(15)21-22-23)18(25)27-10-17(24)20-12-5-7-16(26-2)13(19)9-12/h4-9H,3,10H2,1-2H3,(H,20,24). The molecular formula is C18H17ClN4O4. The van der Waals surface area contributed by atoms with Crippen LogP contribution >= 0.6 is 11.6 Å². The van der Waals surface area contributed by atoms with Gasteiger partial charge in [-0.15, -0.1) is 5.10 Å². The molecule has 0 aliphatic rings. The van der Waals surface area contributed by atoms with Gasteiger partial charge in [0.2, 0.25) is 0 Å². The fourth-order valence-electron chi connectivity index (χ4n) is 2.49. The number of rotatable bonds is 6. The summed E-state index contributed by atoms with van der Waals surface area (Å²) >= 11 is 6.01. The molecule has 140 valence electrons. The Morgan fingerprint density at radius 2 is 2.04 bits per heavy atom. The lowest BCUT2D eigenvalue weighted by Gasteiger charge is -2.09. The summed E-state index contributed by atoms with van der Waals surface area (Å²) < 4.78 is 11.8. The van der Waals surface area contributed by atoms with Crippen LogP contribution in [-0.4, -0.2) is 40.6 Å². The van der Waals surface area contributed by atoms with Crippen molar-refractivity contribution in [1.82, 2.24) is 15.0 Å². The predicted octanol–water partition coefficient (Wildman–Crippen LogP) is 2.91. The molecule has 0 radical (unpaired) electrons. The number of amides is 1. The molecule has 2 aromatic carbocycles. The summed E-state index contributed by atoms with van der Waals surface area (Å²) in [5.41, 5.74) is 2.18. The topological polar surface area (TPSA) is 95.3 Å². The highest BCUT2D eigenvalue weighted by atomic mass is 35.5. The van der Waals surface area contributed by atoms with Crippen molar-refractivity contribution in [3.8, 4) is 5.75 Å². The van der Waals surface area contributed by atoms with Crippen molar-refractivity contribution < 1.29 is 19.1 Å². The van der Waals surface area contributed by atoms with Gasteiger partial charge in [0.15, 0.2) is 6.61 Å². The number of halogens is 1. The maximum Gasteiger partial charge on any atom is 0.338 e. The molecule has 9 heteroatoms. The molecule has 8 nitrogen and oxygen atoms in total. The number of aryl methyl sites for hydroxylation is 1. The minimum absolute atomic E-state index is 0.297. The van der Waals surface area contributed by atoms with E-state index in [4.69, 9.17) is 21.1 Å². The van der Waals surface area contributed by atoms with Crippen molar-refractivity contribution in [2.45, 2.75) is 13.5 Å². The van der Waals surface area contributed by atoms with Crippen LogP contribution in [0.25, 0.3) is 11.0 Å². The van der Waals surface area contributed by atoms with Gasteiger partial charge in [0.25, 0.3) is 5.91 Å². The predicted molar refractivity (Wildman–Crippen MR) is 100 cm³/mol. The van der Waals surface area contributed by atoms with Crippen LogP contribution in [0.15, 0.2) is 36.4 Å². The number of methoxy groups -OCH3 is 1. The lowest BCUT2D eigenvalue weighted by Crippen LogP contribution is -2.20. The van der Waals surface area contributed by atoms with Crippen molar-refractivity contribution in [3.05, 3.63) is 47.0 Å². The zero-order valence-corrected chi connectivity index (χ0v) is 15.5. The number of fused-ring (bicyclic) bond motifs is 1. The van der Waals surface area contributed by atoms with Crippen molar-refractivity contribution in [1.29, 1.82) is 0 Å². The number of aromatic nitrogens is 3. The summed E-state index contributed by atoms with van der Waals surface area (Å²) in [4.78, 5) is 24.1. The van der Waals surface area contributed by atoms with Crippen LogP contribution in [-0.2, 0) is 16.1 Å². The second kappa shape index (κ2) is 8.05. The summed E-state index contributed by atoms with van der Waals surface area (Å²) in [6.07, 6.45) is 0. The molecule has 1 aromatic heterocycles. The molecule has 27 heavy (non-hydrogen) atoms. The summed E-state index contributed by atoms with van der Waals surface area (Å²) in [6, 6.07) is 9.75. The van der Waals surface area contributed by atoms with E-state index >= 15 is 0 Å². The fraction of sp³-hybridized carbons (Fsp3) is 0.222. The lowest BCUT2D eigenvalue weighted by atomic mass is 10.2. The lowest BCUT2D eigenvalue weighted by molar-refractivity contribution is -0.119. The van der Waals surface area contributed by atoms with E-state index in [2.05, 4.69) is 15.6 Å². The average molecular weight is 389 g/mol. The summed E-state index contributed by atoms with van der Waals surface area (Å²) in [6.45, 7) is 2.20. The Bertz CT molecular complexity index is 1000. The molecule has 0 aliphatic carbocycles. The van der Waals surface area contributed by atoms with E-state index in [0.717, 1.165) is 5.52 Å². The van der Waals surface area contributed by atoms with E-state index in [-0.39, 0.29) is 0 Å². The Morgan fingerprint density at radius 3 is 2.74 bits per heavy atom. The number of benzene rings is 2. The molecule has 0 bridgehead atoms. The van der Waals surface area contributed by atoms with Gasteiger partial charge in [0.05, 0.1) is 23.2 Å². The smallest absolute Gasteiger partial charge is 0.338 e. The molecule has 0 aliphatic heterocycles. The Balaban J connectivity index is 1.60. The molecule has 1 N–H and O–H groups in total. The molecule has 3 rings (SSSR count). The van der Waals surface area contributed by atoms with Gasteiger partial charge in [0, 0.05) is 12.2 Å². The van der Waals surface area contributed by atoms with Crippen LogP contribution in [0, 0.1) is 0 Å². The molecule has 0 saturated carbocycles. The number of hydrogen-bond donors (Lipinski definition) is 1. The van der Waals surface area contributed by atoms with Crippen LogP contribution in [0.1, 0.15) is 17.3 Å². The van der Waals surface area contributed by atoms with E-state index in [0.29, 0.717) is 34.1 Å². The molecule has 0 unspecified atom stereocenters. The van der Waals surface area contributed by atoms with E-state index in [9.17, 15) is 9.59 Å². The van der Waals surface area contributed by atoms with E-state index < -0.39 is 18.5 Å². The zero-order chi connectivity index (χ0) is 19.4. The minimum Gasteiger partial charge on any atom is -0.495 e. The normalized spacial score (nSPS) is 10.6. The Morgan fingerprint density at radius 1 is 1.22 bits per heavy atom. The minimum atomic E-state index is -0.620. The van der Waals surface area contributed by atoms with Gasteiger partial charge in [-0.25, -0.2) is 9.48 Å². The van der Waals surface area contributed by atoms with Gasteiger partial charge in [-0.05, 0) is 43.3 Å². The number of esters is 1. The van der Waals surface area contributed by atoms with Crippen LogP contribution in [0.2, 0.25) is 5.02 Å². The van der Waals surface area contributed by atoms with Crippen molar-refractivity contribution in [3.63, 3.8) is 0 Å². The average Bonchev–Trinajstić information content (AvgIpc) is 3.08. The fourth-order valence-corrected chi connectivity index (χ4v) is 2.75. The Kier molecular flexibility index (Phi) is 5.56. The molecule has 1 amide bonds. The molecule has 1 heterocycles. The van der Waals surface area contributed by atoms with Gasteiger partial charge >= 0.3 is 5.97 Å². The molecule has 0 saturated heterocycles. The first-order valence-corrected chi connectivity index (χ1v) is 8.53. The number of carbonyl (C=O) groups is 2. The van der Waals surface area contributed by atoms with Crippen LogP contribution in [0.4, 0.5) is 5.69 Å². The maximum absolute atomic E-state index is 12.2. The van der Waals surface area contributed by atoms with Gasteiger partial charge in [-0.3, -0.25) is 4.79 Å². The number of carbonyl (C=O) groups excluding carboxylic acids is 2. The van der Waals surface area contributed by atoms with Crippen LogP contribution < -0.4 is 10.1 Å². The molecule has 0 fully saturated rings. The van der Waals surface area contributed by atoms with Gasteiger partial charge in [-0.1, -0.05) is 16.8 Å². The highest BCUT2D eigenvalue weighted by Gasteiger charge is 2.13. The maximum atomic E-state index is 12.2. The quantitative estimate of drug-likeness (QED) is 0.652. The van der Waals surface area contributed by atoms with Crippen molar-refractivity contribution >= 4 is 40.2 Å². The van der Waals surface area contributed by atoms with Crippen LogP contribution in [0.5, 0.6) is 5.75 Å². The monoisotopic (exact) mass is 388 g/mol. The third kappa shape index (κ3) is 4.17. The first-order valence-electron chi connectivity index (χ1n) is 8.15. The van der Waals surface area contributed by atoms with Crippen LogP contribution in [0.3, 0.4) is 0 Å². The van der Waals surface area contributed by atoms with E-state index in [1.807, 2.05) is 6.92 Å². The Labute approximate surface area is 160 Å². The summed E-state index contributed by atoms with van der Waals surface area (Å²) in [5.74, 6) is -0.607. The van der Waals surface area contributed by atoms with E-state index in [1.165, 1.54) is 7.11 Å². The first-order chi connectivity index (χ1) is 13.0. The summed E-state index contributed by atoms with van der Waals surface area (Å²) in [5, 5.41) is 11.0. The third-order valence-corrected chi connectivity index (χ3v) is 4.11. The van der Waals surface area contributed by atoms with Crippen molar-refractivity contribution in [2.75, 3.05) is 19.0 Å². The SMILES string of the molecule is CCn1nnc2cc(C(=O)OCC(=O)Nc3ccc(OC)c(Cl)c3)ccc21. The largest absolute Gasteiger partial charge is 0.495 e. The summed E-state index contributed by atoms with van der Waals surface area (Å²) in [7, 11) is 1.50. The molecular weight excluding hydrogens is 372 g/mol. The zero-order valence-electron chi connectivity index (χ0n) is 14.7. The number of anilines is 1. The first kappa shape index (κ1) is 18.7. The highest BCUT2D eigenvalue weighted by molar-refractivity contribution is 6.32. The Hall–Kier alpha value is -3.13. The second-order valence-corrected chi connectivity index (χ2v) is 5.99. The molecule has 0 spiro atoms. The number of hydrogen-bond acceptors (Lipinski definition) is 6. The van der Waals surface area contributed by atoms with Crippen molar-refractivity contribution in [2.24, 2.45) is 0 Å². The van der Waals surface area contributed by atoms with E-state index in [1.54, 1.807) is 41.1 Å².